The first kappa shape index (κ1) is 19.4. The third-order valence-corrected chi connectivity index (χ3v) is 7.27. The molecule has 1 aromatic carbocycles. The Hall–Kier alpha value is -1.97. The van der Waals surface area contributed by atoms with Crippen LogP contribution in [0.2, 0.25) is 0 Å². The number of carbonyl (C=O) groups is 1. The average molecular weight is 421 g/mol. The van der Waals surface area contributed by atoms with Crippen LogP contribution in [-0.4, -0.2) is 55.6 Å². The topological polar surface area (TPSA) is 91.4 Å². The first-order valence-corrected chi connectivity index (χ1v) is 12.1. The van der Waals surface area contributed by atoms with Crippen LogP contribution in [0.15, 0.2) is 30.5 Å². The summed E-state index contributed by atoms with van der Waals surface area (Å²) in [5.74, 6) is 0.467. The average Bonchev–Trinajstić information content (AvgIpc) is 3.14. The van der Waals surface area contributed by atoms with Gasteiger partial charge in [-0.2, -0.15) is 0 Å². The van der Waals surface area contributed by atoms with Crippen molar-refractivity contribution in [3.05, 3.63) is 35.3 Å². The second-order valence-electron chi connectivity index (χ2n) is 7.60. The molecule has 0 radical (unpaired) electrons. The van der Waals surface area contributed by atoms with Gasteiger partial charge in [-0.05, 0) is 50.9 Å². The van der Waals surface area contributed by atoms with E-state index < -0.39 is 10.0 Å². The third kappa shape index (κ3) is 4.06. The molecule has 4 heterocycles. The van der Waals surface area contributed by atoms with Crippen molar-refractivity contribution in [3.63, 3.8) is 0 Å². The van der Waals surface area contributed by atoms with Crippen molar-refractivity contribution in [2.75, 3.05) is 24.1 Å². The Bertz CT molecular complexity index is 979. The van der Waals surface area contributed by atoms with Crippen molar-refractivity contribution in [2.24, 2.45) is 5.92 Å². The summed E-state index contributed by atoms with van der Waals surface area (Å²) in [7, 11) is -3.35. The molecule has 0 saturated carbocycles. The minimum absolute atomic E-state index is 0.0836. The van der Waals surface area contributed by atoms with Crippen LogP contribution in [0.5, 0.6) is 0 Å². The van der Waals surface area contributed by atoms with Gasteiger partial charge in [-0.15, -0.1) is 11.3 Å². The summed E-state index contributed by atoms with van der Waals surface area (Å²) in [5.41, 5.74) is 1.25. The van der Waals surface area contributed by atoms with Gasteiger partial charge in [0.05, 0.1) is 12.5 Å². The van der Waals surface area contributed by atoms with E-state index in [2.05, 4.69) is 26.8 Å². The van der Waals surface area contributed by atoms with E-state index in [0.717, 1.165) is 37.8 Å². The fraction of sp³-hybridized carbons (Fsp3) is 0.474. The Labute approximate surface area is 169 Å². The molecule has 0 aliphatic carbocycles. The lowest BCUT2D eigenvalue weighted by Gasteiger charge is -2.49. The zero-order valence-corrected chi connectivity index (χ0v) is 17.5. The number of carbonyl (C=O) groups excluding carboxylic acids is 1. The van der Waals surface area contributed by atoms with E-state index in [1.165, 1.54) is 11.3 Å². The van der Waals surface area contributed by atoms with Crippen LogP contribution < -0.4 is 10.0 Å². The van der Waals surface area contributed by atoms with E-state index in [4.69, 9.17) is 0 Å². The second-order valence-corrected chi connectivity index (χ2v) is 10.4. The number of hydrogen-bond donors (Lipinski definition) is 2. The van der Waals surface area contributed by atoms with E-state index in [1.807, 2.05) is 6.07 Å². The van der Waals surface area contributed by atoms with Crippen molar-refractivity contribution >= 4 is 33.0 Å². The summed E-state index contributed by atoms with van der Waals surface area (Å²) in [6.07, 6.45) is 4.99. The molecule has 1 amide bonds. The first-order valence-electron chi connectivity index (χ1n) is 9.39. The minimum Gasteiger partial charge on any atom is -0.347 e. The zero-order chi connectivity index (χ0) is 19.9. The predicted octanol–water partition coefficient (Wildman–Crippen LogP) is 2.39. The Morgan fingerprint density at radius 3 is 2.71 bits per heavy atom. The van der Waals surface area contributed by atoms with Gasteiger partial charge in [0, 0.05) is 23.3 Å². The number of piperidine rings is 3. The molecular weight excluding hydrogens is 396 g/mol. The molecule has 1 aromatic heterocycles. The fourth-order valence-corrected chi connectivity index (χ4v) is 5.58. The molecule has 5 rings (SSSR count). The number of fused-ring (bicyclic) bond motifs is 3. The number of benzene rings is 1. The van der Waals surface area contributed by atoms with Gasteiger partial charge < -0.3 is 5.32 Å². The quantitative estimate of drug-likeness (QED) is 0.775. The highest BCUT2D eigenvalue weighted by atomic mass is 32.2. The molecule has 3 saturated heterocycles. The number of anilines is 1. The SMILES string of the molecule is CC1C(NC(=O)c2cnc(-c3cccc(NS(C)(=O)=O)c3)s2)C2CCN1CC2. The van der Waals surface area contributed by atoms with E-state index in [9.17, 15) is 13.2 Å². The van der Waals surface area contributed by atoms with Crippen LogP contribution in [0, 0.1) is 5.92 Å². The van der Waals surface area contributed by atoms with Gasteiger partial charge >= 0.3 is 0 Å². The molecule has 9 heteroatoms. The van der Waals surface area contributed by atoms with Gasteiger partial charge in [0.15, 0.2) is 0 Å². The summed E-state index contributed by atoms with van der Waals surface area (Å²) < 4.78 is 25.3. The highest BCUT2D eigenvalue weighted by molar-refractivity contribution is 7.92. The molecule has 3 aliphatic rings. The smallest absolute Gasteiger partial charge is 0.263 e. The van der Waals surface area contributed by atoms with Crippen LogP contribution in [0.1, 0.15) is 29.4 Å². The van der Waals surface area contributed by atoms with Gasteiger partial charge in [0.2, 0.25) is 10.0 Å². The van der Waals surface area contributed by atoms with Crippen molar-refractivity contribution in [3.8, 4) is 10.6 Å². The molecule has 150 valence electrons. The summed E-state index contributed by atoms with van der Waals surface area (Å²) in [5, 5.41) is 3.91. The predicted molar refractivity (Wildman–Crippen MR) is 111 cm³/mol. The normalized spacial score (nSPS) is 26.8. The molecule has 7 nitrogen and oxygen atoms in total. The standard InChI is InChI=1S/C19H24N4O3S2/c1-12-17(13-6-8-23(12)9-7-13)21-18(24)16-11-20-19(27-16)14-4-3-5-15(10-14)22-28(2,25)26/h3-5,10-13,17,22H,6-9H2,1-2H3,(H,21,24). The maximum absolute atomic E-state index is 12.8. The maximum Gasteiger partial charge on any atom is 0.263 e. The largest absolute Gasteiger partial charge is 0.347 e. The van der Waals surface area contributed by atoms with Crippen LogP contribution in [0.25, 0.3) is 10.6 Å². The summed E-state index contributed by atoms with van der Waals surface area (Å²) >= 11 is 1.32. The second kappa shape index (κ2) is 7.46. The lowest BCUT2D eigenvalue weighted by atomic mass is 9.79. The van der Waals surface area contributed by atoms with Gasteiger partial charge in [-0.25, -0.2) is 13.4 Å². The van der Waals surface area contributed by atoms with Crippen LogP contribution in [-0.2, 0) is 10.0 Å². The Morgan fingerprint density at radius 1 is 1.29 bits per heavy atom. The molecular formula is C19H24N4O3S2. The molecule has 0 spiro atoms. The van der Waals surface area contributed by atoms with E-state index in [1.54, 1.807) is 24.4 Å². The lowest BCUT2D eigenvalue weighted by molar-refractivity contribution is 0.0218. The van der Waals surface area contributed by atoms with E-state index in [-0.39, 0.29) is 11.9 Å². The maximum atomic E-state index is 12.8. The van der Waals surface area contributed by atoms with Gasteiger partial charge in [0.1, 0.15) is 9.88 Å². The van der Waals surface area contributed by atoms with Crippen molar-refractivity contribution in [1.82, 2.24) is 15.2 Å². The molecule has 2 bridgehead atoms. The van der Waals surface area contributed by atoms with Crippen molar-refractivity contribution < 1.29 is 13.2 Å². The lowest BCUT2D eigenvalue weighted by Crippen LogP contribution is -2.62. The highest BCUT2D eigenvalue weighted by Crippen LogP contribution is 2.33. The van der Waals surface area contributed by atoms with Crippen LogP contribution in [0.4, 0.5) is 5.69 Å². The molecule has 3 aliphatic heterocycles. The van der Waals surface area contributed by atoms with Gasteiger partial charge in [-0.1, -0.05) is 12.1 Å². The van der Waals surface area contributed by atoms with Crippen molar-refractivity contribution in [1.29, 1.82) is 0 Å². The molecule has 2 aromatic rings. The number of amides is 1. The van der Waals surface area contributed by atoms with Gasteiger partial charge in [0.25, 0.3) is 5.91 Å². The monoisotopic (exact) mass is 420 g/mol. The summed E-state index contributed by atoms with van der Waals surface area (Å²) in [4.78, 5) is 20.2. The molecule has 3 fully saturated rings. The van der Waals surface area contributed by atoms with Gasteiger partial charge in [-0.3, -0.25) is 14.4 Å². The number of nitrogens with zero attached hydrogens (tertiary/aromatic N) is 2. The number of hydrogen-bond acceptors (Lipinski definition) is 6. The number of thiazole rings is 1. The number of rotatable bonds is 5. The first-order chi connectivity index (χ1) is 13.3. The Kier molecular flexibility index (Phi) is 5.15. The number of aromatic nitrogens is 1. The zero-order valence-electron chi connectivity index (χ0n) is 15.9. The summed E-state index contributed by atoms with van der Waals surface area (Å²) in [6.45, 7) is 4.44. The Morgan fingerprint density at radius 2 is 2.04 bits per heavy atom. The van der Waals surface area contributed by atoms with E-state index in [0.29, 0.717) is 27.5 Å². The third-order valence-electron chi connectivity index (χ3n) is 5.62. The Balaban J connectivity index is 1.48. The number of sulfonamides is 1. The highest BCUT2D eigenvalue weighted by Gasteiger charge is 2.40. The minimum atomic E-state index is -3.35. The molecule has 2 atom stereocenters. The molecule has 2 unspecified atom stereocenters. The fourth-order valence-electron chi connectivity index (χ4n) is 4.21. The molecule has 2 N–H and O–H groups in total. The molecule has 28 heavy (non-hydrogen) atoms. The van der Waals surface area contributed by atoms with Crippen LogP contribution >= 0.6 is 11.3 Å². The van der Waals surface area contributed by atoms with Crippen LogP contribution in [0.3, 0.4) is 0 Å². The van der Waals surface area contributed by atoms with Crippen molar-refractivity contribution in [2.45, 2.75) is 31.8 Å². The number of nitrogens with one attached hydrogen (secondary N) is 2. The summed E-state index contributed by atoms with van der Waals surface area (Å²) in [6, 6.07) is 7.56. The van der Waals surface area contributed by atoms with E-state index >= 15 is 0 Å².